The zero-order valence-corrected chi connectivity index (χ0v) is 13.6. The predicted molar refractivity (Wildman–Crippen MR) is 88.4 cm³/mol. The van der Waals surface area contributed by atoms with Crippen molar-refractivity contribution in [2.75, 3.05) is 13.2 Å². The van der Waals surface area contributed by atoms with Gasteiger partial charge in [0.25, 0.3) is 0 Å². The van der Waals surface area contributed by atoms with E-state index in [1.807, 2.05) is 0 Å². The number of ether oxygens (including phenoxy) is 1. The molecule has 0 saturated carbocycles. The van der Waals surface area contributed by atoms with E-state index in [0.717, 1.165) is 13.0 Å². The molecule has 1 heterocycles. The van der Waals surface area contributed by atoms with Crippen LogP contribution in [-0.2, 0) is 13.0 Å². The molecule has 1 aromatic heterocycles. The van der Waals surface area contributed by atoms with Gasteiger partial charge in [0.2, 0.25) is 0 Å². The quantitative estimate of drug-likeness (QED) is 0.780. The molecule has 0 bridgehead atoms. The largest absolute Gasteiger partial charge is 0.491 e. The highest BCUT2D eigenvalue weighted by Gasteiger charge is 2.07. The Morgan fingerprint density at radius 2 is 2.05 bits per heavy atom. The first kappa shape index (κ1) is 16.3. The summed E-state index contributed by atoms with van der Waals surface area (Å²) in [5.74, 6) is 0.713. The van der Waals surface area contributed by atoms with Gasteiger partial charge in [0.05, 0.1) is 0 Å². The molecule has 1 atom stereocenters. The number of hydrogen-bond donors (Lipinski definition) is 2. The second-order valence-electron chi connectivity index (χ2n) is 4.77. The molecule has 1 unspecified atom stereocenters. The van der Waals surface area contributed by atoms with Gasteiger partial charge in [-0.3, -0.25) is 0 Å². The van der Waals surface area contributed by atoms with Crippen molar-refractivity contribution < 1.29 is 9.84 Å². The van der Waals surface area contributed by atoms with Gasteiger partial charge in [-0.25, -0.2) is 0 Å². The number of aryl methyl sites for hydroxylation is 1. The van der Waals surface area contributed by atoms with Crippen LogP contribution >= 0.6 is 22.9 Å². The number of halogens is 1. The lowest BCUT2D eigenvalue weighted by atomic mass is 10.2. The van der Waals surface area contributed by atoms with Gasteiger partial charge < -0.3 is 15.2 Å². The van der Waals surface area contributed by atoms with Gasteiger partial charge in [-0.15, -0.1) is 11.3 Å². The lowest BCUT2D eigenvalue weighted by Crippen LogP contribution is -2.31. The Hall–Kier alpha value is -1.07. The lowest BCUT2D eigenvalue weighted by molar-refractivity contribution is 0.106. The molecule has 5 heteroatoms. The van der Waals surface area contributed by atoms with Crippen LogP contribution in [0.25, 0.3) is 0 Å². The summed E-state index contributed by atoms with van der Waals surface area (Å²) in [6.45, 7) is 3.72. The minimum atomic E-state index is -0.536. The van der Waals surface area contributed by atoms with E-state index in [2.05, 4.69) is 23.7 Å². The third-order valence-electron chi connectivity index (χ3n) is 3.14. The van der Waals surface area contributed by atoms with E-state index in [1.165, 1.54) is 10.4 Å². The molecule has 2 N–H and O–H groups in total. The van der Waals surface area contributed by atoms with Crippen LogP contribution in [0.15, 0.2) is 35.7 Å². The van der Waals surface area contributed by atoms with Crippen molar-refractivity contribution in [1.82, 2.24) is 5.32 Å². The molecule has 0 fully saturated rings. The standard InChI is InChI=1S/C16H20ClNO2S/c1-2-12-7-8-21-16(12)10-18-9-14(19)11-20-15-5-3-13(17)4-6-15/h3-8,14,18-19H,2,9-11H2,1H3. The zero-order chi connectivity index (χ0) is 15.1. The van der Waals surface area contributed by atoms with Gasteiger partial charge in [-0.05, 0) is 47.7 Å². The van der Waals surface area contributed by atoms with Crippen molar-refractivity contribution in [2.24, 2.45) is 0 Å². The number of rotatable bonds is 8. The van der Waals surface area contributed by atoms with Crippen LogP contribution < -0.4 is 10.1 Å². The minimum absolute atomic E-state index is 0.264. The fourth-order valence-corrected chi connectivity index (χ4v) is 3.04. The third kappa shape index (κ3) is 5.32. The highest BCUT2D eigenvalue weighted by atomic mass is 35.5. The first-order valence-electron chi connectivity index (χ1n) is 7.01. The maximum Gasteiger partial charge on any atom is 0.119 e. The van der Waals surface area contributed by atoms with E-state index < -0.39 is 6.10 Å². The van der Waals surface area contributed by atoms with Crippen LogP contribution in [0.3, 0.4) is 0 Å². The Balaban J connectivity index is 1.68. The van der Waals surface area contributed by atoms with Gasteiger partial charge in [-0.1, -0.05) is 18.5 Å². The zero-order valence-electron chi connectivity index (χ0n) is 12.0. The van der Waals surface area contributed by atoms with Crippen molar-refractivity contribution in [1.29, 1.82) is 0 Å². The molecule has 0 aliphatic heterocycles. The maximum atomic E-state index is 9.91. The van der Waals surface area contributed by atoms with Gasteiger partial charge in [0.1, 0.15) is 18.5 Å². The van der Waals surface area contributed by atoms with E-state index in [-0.39, 0.29) is 6.61 Å². The Labute approximate surface area is 134 Å². The molecule has 0 aliphatic carbocycles. The molecule has 0 amide bonds. The monoisotopic (exact) mass is 325 g/mol. The summed E-state index contributed by atoms with van der Waals surface area (Å²) in [6.07, 6.45) is 0.508. The number of hydrogen-bond acceptors (Lipinski definition) is 4. The van der Waals surface area contributed by atoms with Gasteiger partial charge in [0.15, 0.2) is 0 Å². The molecule has 2 rings (SSSR count). The molecule has 3 nitrogen and oxygen atoms in total. The SMILES string of the molecule is CCc1ccsc1CNCC(O)COc1ccc(Cl)cc1. The molecular weight excluding hydrogens is 306 g/mol. The Bertz CT molecular complexity index is 541. The molecule has 21 heavy (non-hydrogen) atoms. The summed E-state index contributed by atoms with van der Waals surface area (Å²) in [5.41, 5.74) is 1.37. The van der Waals surface area contributed by atoms with Gasteiger partial charge in [-0.2, -0.15) is 0 Å². The Kier molecular flexibility index (Phi) is 6.51. The van der Waals surface area contributed by atoms with Crippen molar-refractivity contribution in [3.8, 4) is 5.75 Å². The van der Waals surface area contributed by atoms with E-state index in [1.54, 1.807) is 35.6 Å². The minimum Gasteiger partial charge on any atom is -0.491 e. The molecule has 0 radical (unpaired) electrons. The van der Waals surface area contributed by atoms with Crippen LogP contribution in [0.1, 0.15) is 17.4 Å². The second-order valence-corrected chi connectivity index (χ2v) is 6.21. The van der Waals surface area contributed by atoms with Crippen LogP contribution in [0.5, 0.6) is 5.75 Å². The summed E-state index contributed by atoms with van der Waals surface area (Å²) >= 11 is 7.55. The fraction of sp³-hybridized carbons (Fsp3) is 0.375. The summed E-state index contributed by atoms with van der Waals surface area (Å²) < 4.78 is 5.51. The van der Waals surface area contributed by atoms with Crippen LogP contribution in [0, 0.1) is 0 Å². The fourth-order valence-electron chi connectivity index (χ4n) is 1.97. The van der Waals surface area contributed by atoms with Gasteiger partial charge in [0, 0.05) is 23.0 Å². The van der Waals surface area contributed by atoms with Gasteiger partial charge >= 0.3 is 0 Å². The summed E-state index contributed by atoms with van der Waals surface area (Å²) in [5, 5.41) is 16.0. The molecule has 1 aromatic carbocycles. The number of thiophene rings is 1. The Morgan fingerprint density at radius 3 is 2.76 bits per heavy atom. The predicted octanol–water partition coefficient (Wildman–Crippen LogP) is 3.49. The second kappa shape index (κ2) is 8.39. The Morgan fingerprint density at radius 1 is 1.29 bits per heavy atom. The molecule has 114 valence electrons. The topological polar surface area (TPSA) is 41.5 Å². The highest BCUT2D eigenvalue weighted by Crippen LogP contribution is 2.17. The van der Waals surface area contributed by atoms with E-state index in [9.17, 15) is 5.11 Å². The van der Waals surface area contributed by atoms with Crippen molar-refractivity contribution in [2.45, 2.75) is 26.0 Å². The maximum absolute atomic E-state index is 9.91. The molecule has 0 spiro atoms. The number of aliphatic hydroxyl groups is 1. The molecule has 2 aromatic rings. The van der Waals surface area contributed by atoms with Crippen molar-refractivity contribution in [3.63, 3.8) is 0 Å². The highest BCUT2D eigenvalue weighted by molar-refractivity contribution is 7.10. The first-order valence-corrected chi connectivity index (χ1v) is 8.27. The average molecular weight is 326 g/mol. The normalized spacial score (nSPS) is 12.3. The summed E-state index contributed by atoms with van der Waals surface area (Å²) in [6, 6.07) is 9.28. The van der Waals surface area contributed by atoms with Crippen molar-refractivity contribution >= 4 is 22.9 Å². The van der Waals surface area contributed by atoms with Crippen molar-refractivity contribution in [3.05, 3.63) is 51.2 Å². The van der Waals surface area contributed by atoms with Crippen LogP contribution in [0.4, 0.5) is 0 Å². The van der Waals surface area contributed by atoms with E-state index in [0.29, 0.717) is 17.3 Å². The average Bonchev–Trinajstić information content (AvgIpc) is 2.94. The summed E-state index contributed by atoms with van der Waals surface area (Å²) in [7, 11) is 0. The number of aliphatic hydroxyl groups excluding tert-OH is 1. The smallest absolute Gasteiger partial charge is 0.119 e. The van der Waals surface area contributed by atoms with E-state index in [4.69, 9.17) is 16.3 Å². The molecular formula is C16H20ClNO2S. The van der Waals surface area contributed by atoms with Crippen LogP contribution in [-0.4, -0.2) is 24.4 Å². The first-order chi connectivity index (χ1) is 10.2. The molecule has 0 aliphatic rings. The number of nitrogens with one attached hydrogen (secondary N) is 1. The molecule has 0 saturated heterocycles. The van der Waals surface area contributed by atoms with Crippen LogP contribution in [0.2, 0.25) is 5.02 Å². The number of benzene rings is 1. The third-order valence-corrected chi connectivity index (χ3v) is 4.36. The summed E-state index contributed by atoms with van der Waals surface area (Å²) in [4.78, 5) is 1.34. The van der Waals surface area contributed by atoms with E-state index >= 15 is 0 Å². The lowest BCUT2D eigenvalue weighted by Gasteiger charge is -2.13.